The number of anilines is 1. The Morgan fingerprint density at radius 3 is 2.39 bits per heavy atom. The molecule has 0 aliphatic carbocycles. The van der Waals surface area contributed by atoms with Crippen LogP contribution in [0.25, 0.3) is 0 Å². The van der Waals surface area contributed by atoms with Gasteiger partial charge in [0.25, 0.3) is 0 Å². The van der Waals surface area contributed by atoms with Crippen molar-refractivity contribution >= 4 is 17.4 Å². The zero-order chi connectivity index (χ0) is 20.1. The Balaban J connectivity index is 0.00000392. The minimum atomic E-state index is -2.15. The maximum absolute atomic E-state index is 14.0. The molecule has 28 heavy (non-hydrogen) atoms. The van der Waals surface area contributed by atoms with Crippen molar-refractivity contribution in [3.8, 4) is 0 Å². The molecule has 0 saturated heterocycles. The molecule has 145 valence electrons. The van der Waals surface area contributed by atoms with Gasteiger partial charge in [-0.2, -0.15) is 24.3 Å². The molecule has 0 aromatic heterocycles. The molecule has 0 heterocycles. The zero-order valence-corrected chi connectivity index (χ0v) is 17.8. The summed E-state index contributed by atoms with van der Waals surface area (Å²) in [4.78, 5) is 26.0. The average molecular weight is 469 g/mol. The van der Waals surface area contributed by atoms with E-state index in [0.29, 0.717) is 5.69 Å². The fourth-order valence-corrected chi connectivity index (χ4v) is 2.16. The van der Waals surface area contributed by atoms with E-state index in [1.165, 1.54) is 18.9 Å². The summed E-state index contributed by atoms with van der Waals surface area (Å²) in [6, 6.07) is 9.58. The molecular formula is C19H14F4NO3Y-. The van der Waals surface area contributed by atoms with Gasteiger partial charge in [-0.15, -0.1) is 6.07 Å². The molecule has 2 aromatic carbocycles. The van der Waals surface area contributed by atoms with Crippen LogP contribution in [0.1, 0.15) is 17.3 Å². The summed E-state index contributed by atoms with van der Waals surface area (Å²) in [5.41, 5.74) is -1.37. The monoisotopic (exact) mass is 469 g/mol. The van der Waals surface area contributed by atoms with Crippen LogP contribution in [0.5, 0.6) is 0 Å². The Morgan fingerprint density at radius 2 is 1.82 bits per heavy atom. The van der Waals surface area contributed by atoms with E-state index in [2.05, 4.69) is 6.07 Å². The van der Waals surface area contributed by atoms with Gasteiger partial charge < -0.3 is 9.64 Å². The standard InChI is InChI=1S/C19H14F4NO3.Y/c1-3-27-19(26)13(10-24(2)11-7-5-4-6-8-11)18(25)12-9-14(20)16(22)17(23)15(12)21;/h4-7,9-10H,3H2,1-2H3;/q-1;/b13-10-;. The van der Waals surface area contributed by atoms with E-state index in [4.69, 9.17) is 4.74 Å². The van der Waals surface area contributed by atoms with Crippen molar-refractivity contribution < 1.29 is 64.6 Å². The Morgan fingerprint density at radius 1 is 1.14 bits per heavy atom. The Hall–Kier alpha value is -2.06. The topological polar surface area (TPSA) is 46.6 Å². The van der Waals surface area contributed by atoms with Gasteiger partial charge in [-0.3, -0.25) is 4.79 Å². The van der Waals surface area contributed by atoms with E-state index in [0.717, 1.165) is 6.20 Å². The number of benzene rings is 2. The number of para-hydroxylation sites is 1. The molecule has 0 bridgehead atoms. The Kier molecular flexibility index (Phi) is 8.97. The maximum Gasteiger partial charge on any atom is 0.343 e. The van der Waals surface area contributed by atoms with Crippen LogP contribution in [0, 0.1) is 29.3 Å². The number of hydrogen-bond acceptors (Lipinski definition) is 4. The van der Waals surface area contributed by atoms with Crippen molar-refractivity contribution in [3.63, 3.8) is 0 Å². The number of halogens is 4. The number of Topliss-reactive ketones (excluding diaryl/α,β-unsaturated/α-hetero) is 1. The molecule has 4 nitrogen and oxygen atoms in total. The second-order valence-electron chi connectivity index (χ2n) is 5.30. The van der Waals surface area contributed by atoms with E-state index in [-0.39, 0.29) is 45.4 Å². The first-order valence-electron chi connectivity index (χ1n) is 7.74. The van der Waals surface area contributed by atoms with Crippen molar-refractivity contribution in [1.82, 2.24) is 0 Å². The summed E-state index contributed by atoms with van der Waals surface area (Å²) in [6.07, 6.45) is 1.02. The second-order valence-corrected chi connectivity index (χ2v) is 5.30. The number of hydrogen-bond donors (Lipinski definition) is 0. The first-order chi connectivity index (χ1) is 12.8. The third-order valence-corrected chi connectivity index (χ3v) is 3.48. The van der Waals surface area contributed by atoms with E-state index in [1.54, 1.807) is 24.3 Å². The quantitative estimate of drug-likeness (QED) is 0.0744. The van der Waals surface area contributed by atoms with Gasteiger partial charge in [0, 0.05) is 46.0 Å². The van der Waals surface area contributed by atoms with Crippen LogP contribution < -0.4 is 4.90 Å². The molecule has 9 heteroatoms. The van der Waals surface area contributed by atoms with Crippen molar-refractivity contribution in [3.05, 3.63) is 77.0 Å². The van der Waals surface area contributed by atoms with Crippen LogP contribution >= 0.6 is 0 Å². The van der Waals surface area contributed by atoms with Gasteiger partial charge in [0.05, 0.1) is 12.2 Å². The van der Waals surface area contributed by atoms with Crippen molar-refractivity contribution in [1.29, 1.82) is 0 Å². The molecule has 0 aliphatic heterocycles. The largest absolute Gasteiger partial charge is 0.462 e. The summed E-state index contributed by atoms with van der Waals surface area (Å²) in [5, 5.41) is 0. The van der Waals surface area contributed by atoms with Crippen LogP contribution in [0.3, 0.4) is 0 Å². The van der Waals surface area contributed by atoms with Crippen LogP contribution in [0.4, 0.5) is 23.2 Å². The first-order valence-corrected chi connectivity index (χ1v) is 7.74. The van der Waals surface area contributed by atoms with Gasteiger partial charge in [0.2, 0.25) is 5.78 Å². The number of nitrogens with zero attached hydrogens (tertiary/aromatic N) is 1. The molecule has 1 radical (unpaired) electrons. The predicted octanol–water partition coefficient (Wildman–Crippen LogP) is 3.81. The number of esters is 1. The molecule has 0 spiro atoms. The van der Waals surface area contributed by atoms with Gasteiger partial charge in [-0.05, 0) is 13.0 Å². The SMILES string of the molecule is CCOC(=O)/C(=C\N(C)c1[c-]cccc1)C(=O)c1cc(F)c(F)c(F)c1F.[Y]. The maximum atomic E-state index is 14.0. The van der Waals surface area contributed by atoms with Crippen molar-refractivity contribution in [2.75, 3.05) is 18.6 Å². The summed E-state index contributed by atoms with van der Waals surface area (Å²) in [5.74, 6) is -10.3. The average Bonchev–Trinajstić information content (AvgIpc) is 2.67. The molecule has 2 aromatic rings. The van der Waals surface area contributed by atoms with E-state index in [9.17, 15) is 27.2 Å². The van der Waals surface area contributed by atoms with Gasteiger partial charge in [0.15, 0.2) is 23.3 Å². The molecule has 0 N–H and O–H groups in total. The molecule has 0 aliphatic rings. The van der Waals surface area contributed by atoms with Crippen LogP contribution in [-0.4, -0.2) is 25.4 Å². The first kappa shape index (κ1) is 24.0. The van der Waals surface area contributed by atoms with Crippen LogP contribution in [-0.2, 0) is 42.2 Å². The van der Waals surface area contributed by atoms with E-state index < -0.39 is 46.2 Å². The number of carbonyl (C=O) groups excluding carboxylic acids is 2. The van der Waals surface area contributed by atoms with E-state index in [1.807, 2.05) is 0 Å². The summed E-state index contributed by atoms with van der Waals surface area (Å²) < 4.78 is 58.7. The molecule has 2 rings (SSSR count). The minimum absolute atomic E-state index is 0. The van der Waals surface area contributed by atoms with Gasteiger partial charge in [-0.25, -0.2) is 22.4 Å². The van der Waals surface area contributed by atoms with Gasteiger partial charge >= 0.3 is 5.97 Å². The second kappa shape index (κ2) is 10.5. The molecule has 0 amide bonds. The Labute approximate surface area is 184 Å². The van der Waals surface area contributed by atoms with Crippen LogP contribution in [0.2, 0.25) is 0 Å². The Bertz CT molecular complexity index is 904. The van der Waals surface area contributed by atoms with Gasteiger partial charge in [0.1, 0.15) is 5.57 Å². The molecular weight excluding hydrogens is 455 g/mol. The zero-order valence-electron chi connectivity index (χ0n) is 14.9. The third-order valence-electron chi connectivity index (χ3n) is 3.48. The van der Waals surface area contributed by atoms with Gasteiger partial charge in [-0.1, -0.05) is 5.69 Å². The van der Waals surface area contributed by atoms with E-state index >= 15 is 0 Å². The smallest absolute Gasteiger partial charge is 0.343 e. The van der Waals surface area contributed by atoms with Crippen LogP contribution in [0.15, 0.2) is 42.1 Å². The predicted molar refractivity (Wildman–Crippen MR) is 89.0 cm³/mol. The molecule has 0 saturated carbocycles. The number of ether oxygens (including phenoxy) is 1. The normalized spacial score (nSPS) is 10.9. The van der Waals surface area contributed by atoms with Crippen molar-refractivity contribution in [2.24, 2.45) is 0 Å². The molecule has 0 atom stereocenters. The fourth-order valence-electron chi connectivity index (χ4n) is 2.16. The third kappa shape index (κ3) is 5.26. The summed E-state index contributed by atoms with van der Waals surface area (Å²) >= 11 is 0. The van der Waals surface area contributed by atoms with Crippen molar-refractivity contribution in [2.45, 2.75) is 6.92 Å². The number of rotatable bonds is 6. The number of carbonyl (C=O) groups is 2. The summed E-state index contributed by atoms with van der Waals surface area (Å²) in [7, 11) is 1.47. The molecule has 0 unspecified atom stereocenters. The minimum Gasteiger partial charge on any atom is -0.462 e. The fraction of sp³-hybridized carbons (Fsp3) is 0.158. The molecule has 0 fully saturated rings. The number of ketones is 1. The summed E-state index contributed by atoms with van der Waals surface area (Å²) in [6.45, 7) is 1.38.